The smallest absolute Gasteiger partial charge is 0.251 e. The molecule has 2 amide bonds. The van der Waals surface area contributed by atoms with Crippen molar-refractivity contribution in [2.24, 2.45) is 0 Å². The standard InChI is InChI=1S/C16H14BrN3O2/c17-12-3-5-13(6-4-12)20-15(21)8-14(16(20)22)19-10-11-2-1-7-18-9-11/h1-7,9,14,19H,8,10H2/t14-/m0/s1. The second-order valence-corrected chi connectivity index (χ2v) is 5.96. The summed E-state index contributed by atoms with van der Waals surface area (Å²) in [4.78, 5) is 29.8. The first-order valence-corrected chi connectivity index (χ1v) is 7.69. The van der Waals surface area contributed by atoms with Gasteiger partial charge in [0.25, 0.3) is 5.91 Å². The number of nitrogens with zero attached hydrogens (tertiary/aromatic N) is 2. The third-order valence-corrected chi connectivity index (χ3v) is 4.04. The van der Waals surface area contributed by atoms with Gasteiger partial charge in [0.2, 0.25) is 5.91 Å². The van der Waals surface area contributed by atoms with E-state index in [0.717, 1.165) is 10.0 Å². The normalized spacial score (nSPS) is 18.0. The van der Waals surface area contributed by atoms with E-state index in [4.69, 9.17) is 0 Å². The molecule has 2 heterocycles. The first-order valence-electron chi connectivity index (χ1n) is 6.90. The van der Waals surface area contributed by atoms with Crippen molar-refractivity contribution < 1.29 is 9.59 Å². The molecule has 112 valence electrons. The molecule has 1 aromatic carbocycles. The second-order valence-electron chi connectivity index (χ2n) is 5.04. The van der Waals surface area contributed by atoms with Gasteiger partial charge >= 0.3 is 0 Å². The number of anilines is 1. The number of hydrogen-bond donors (Lipinski definition) is 1. The molecule has 6 heteroatoms. The molecular weight excluding hydrogens is 346 g/mol. The zero-order valence-corrected chi connectivity index (χ0v) is 13.3. The summed E-state index contributed by atoms with van der Waals surface area (Å²) < 4.78 is 0.904. The van der Waals surface area contributed by atoms with Crippen LogP contribution >= 0.6 is 15.9 Å². The number of amides is 2. The van der Waals surface area contributed by atoms with Gasteiger partial charge in [0, 0.05) is 23.4 Å². The molecule has 5 nitrogen and oxygen atoms in total. The number of pyridine rings is 1. The van der Waals surface area contributed by atoms with E-state index in [1.54, 1.807) is 24.5 Å². The fraction of sp³-hybridized carbons (Fsp3) is 0.188. The van der Waals surface area contributed by atoms with Gasteiger partial charge in [-0.1, -0.05) is 22.0 Å². The monoisotopic (exact) mass is 359 g/mol. The van der Waals surface area contributed by atoms with Crippen LogP contribution in [-0.2, 0) is 16.1 Å². The minimum absolute atomic E-state index is 0.176. The Morgan fingerprint density at radius 1 is 1.23 bits per heavy atom. The van der Waals surface area contributed by atoms with E-state index in [0.29, 0.717) is 12.2 Å². The van der Waals surface area contributed by atoms with Crippen LogP contribution in [0, 0.1) is 0 Å². The zero-order valence-electron chi connectivity index (χ0n) is 11.7. The van der Waals surface area contributed by atoms with E-state index < -0.39 is 6.04 Å². The fourth-order valence-electron chi connectivity index (χ4n) is 2.40. The molecule has 0 aliphatic carbocycles. The molecular formula is C16H14BrN3O2. The van der Waals surface area contributed by atoms with Crippen molar-refractivity contribution in [1.82, 2.24) is 10.3 Å². The highest BCUT2D eigenvalue weighted by Gasteiger charge is 2.39. The van der Waals surface area contributed by atoms with Gasteiger partial charge in [-0.3, -0.25) is 14.6 Å². The molecule has 0 saturated carbocycles. The van der Waals surface area contributed by atoms with E-state index in [1.165, 1.54) is 4.90 Å². The Balaban J connectivity index is 1.70. The molecule has 1 N–H and O–H groups in total. The summed E-state index contributed by atoms with van der Waals surface area (Å²) in [5.74, 6) is -0.396. The number of nitrogens with one attached hydrogen (secondary N) is 1. The van der Waals surface area contributed by atoms with Gasteiger partial charge in [-0.05, 0) is 35.9 Å². The Bertz CT molecular complexity index is 688. The van der Waals surface area contributed by atoms with Crippen LogP contribution in [-0.4, -0.2) is 22.8 Å². The maximum absolute atomic E-state index is 12.4. The highest BCUT2D eigenvalue weighted by Crippen LogP contribution is 2.24. The minimum Gasteiger partial charge on any atom is -0.301 e. The number of imide groups is 1. The van der Waals surface area contributed by atoms with Gasteiger partial charge in [0.1, 0.15) is 0 Å². The van der Waals surface area contributed by atoms with Gasteiger partial charge in [-0.25, -0.2) is 4.90 Å². The van der Waals surface area contributed by atoms with Crippen LogP contribution in [0.15, 0.2) is 53.3 Å². The number of hydrogen-bond acceptors (Lipinski definition) is 4. The number of carbonyl (C=O) groups excluding carboxylic acids is 2. The first-order chi connectivity index (χ1) is 10.6. The van der Waals surface area contributed by atoms with Crippen LogP contribution < -0.4 is 10.2 Å². The van der Waals surface area contributed by atoms with E-state index in [1.807, 2.05) is 24.3 Å². The highest BCUT2D eigenvalue weighted by atomic mass is 79.9. The summed E-state index contributed by atoms with van der Waals surface area (Å²) in [6.07, 6.45) is 3.61. The Kier molecular flexibility index (Phi) is 4.31. The van der Waals surface area contributed by atoms with Crippen molar-refractivity contribution in [3.8, 4) is 0 Å². The molecule has 1 aromatic heterocycles. The Hall–Kier alpha value is -2.05. The summed E-state index contributed by atoms with van der Waals surface area (Å²) in [7, 11) is 0. The van der Waals surface area contributed by atoms with Crippen molar-refractivity contribution in [3.05, 3.63) is 58.8 Å². The lowest BCUT2D eigenvalue weighted by atomic mass is 10.2. The quantitative estimate of drug-likeness (QED) is 0.850. The molecule has 1 atom stereocenters. The lowest BCUT2D eigenvalue weighted by Gasteiger charge is -2.15. The molecule has 1 saturated heterocycles. The maximum atomic E-state index is 12.4. The number of benzene rings is 1. The summed E-state index contributed by atoms with van der Waals surface area (Å²) >= 11 is 3.34. The van der Waals surface area contributed by atoms with E-state index in [2.05, 4.69) is 26.2 Å². The van der Waals surface area contributed by atoms with Crippen LogP contribution in [0.25, 0.3) is 0 Å². The average molecular weight is 360 g/mol. The lowest BCUT2D eigenvalue weighted by molar-refractivity contribution is -0.121. The molecule has 0 spiro atoms. The Morgan fingerprint density at radius 2 is 2.00 bits per heavy atom. The van der Waals surface area contributed by atoms with Crippen LogP contribution in [0.4, 0.5) is 5.69 Å². The molecule has 0 unspecified atom stereocenters. The molecule has 1 fully saturated rings. The van der Waals surface area contributed by atoms with Crippen molar-refractivity contribution in [3.63, 3.8) is 0 Å². The third kappa shape index (κ3) is 3.08. The zero-order chi connectivity index (χ0) is 15.5. The van der Waals surface area contributed by atoms with E-state index in [9.17, 15) is 9.59 Å². The Labute approximate surface area is 136 Å². The molecule has 2 aromatic rings. The van der Waals surface area contributed by atoms with Gasteiger partial charge in [0.15, 0.2) is 0 Å². The first kappa shape index (κ1) is 14.9. The van der Waals surface area contributed by atoms with E-state index >= 15 is 0 Å². The Morgan fingerprint density at radius 3 is 2.68 bits per heavy atom. The molecule has 0 bridgehead atoms. The number of aromatic nitrogens is 1. The topological polar surface area (TPSA) is 62.3 Å². The van der Waals surface area contributed by atoms with Gasteiger partial charge in [-0.2, -0.15) is 0 Å². The molecule has 3 rings (SSSR count). The number of carbonyl (C=O) groups is 2. The molecule has 0 radical (unpaired) electrons. The fourth-order valence-corrected chi connectivity index (χ4v) is 2.66. The van der Waals surface area contributed by atoms with Crippen molar-refractivity contribution in [1.29, 1.82) is 0 Å². The molecule has 1 aliphatic heterocycles. The largest absolute Gasteiger partial charge is 0.301 e. The SMILES string of the molecule is O=C1C[C@H](NCc2cccnc2)C(=O)N1c1ccc(Br)cc1. The summed E-state index contributed by atoms with van der Waals surface area (Å²) in [5.41, 5.74) is 1.58. The van der Waals surface area contributed by atoms with Gasteiger partial charge in [-0.15, -0.1) is 0 Å². The van der Waals surface area contributed by atoms with Crippen LogP contribution in [0.3, 0.4) is 0 Å². The average Bonchev–Trinajstić information content (AvgIpc) is 2.82. The number of rotatable bonds is 4. The predicted octanol–water partition coefficient (Wildman–Crippen LogP) is 2.27. The third-order valence-electron chi connectivity index (χ3n) is 3.51. The minimum atomic E-state index is -0.489. The maximum Gasteiger partial charge on any atom is 0.251 e. The summed E-state index contributed by atoms with van der Waals surface area (Å²) in [6, 6.07) is 10.4. The van der Waals surface area contributed by atoms with E-state index in [-0.39, 0.29) is 18.2 Å². The lowest BCUT2D eigenvalue weighted by Crippen LogP contribution is -2.38. The molecule has 1 aliphatic rings. The highest BCUT2D eigenvalue weighted by molar-refractivity contribution is 9.10. The predicted molar refractivity (Wildman–Crippen MR) is 86.1 cm³/mol. The van der Waals surface area contributed by atoms with Crippen molar-refractivity contribution in [2.45, 2.75) is 19.0 Å². The second kappa shape index (κ2) is 6.37. The number of halogens is 1. The van der Waals surface area contributed by atoms with Gasteiger partial charge in [0.05, 0.1) is 18.2 Å². The summed E-state index contributed by atoms with van der Waals surface area (Å²) in [6.45, 7) is 0.506. The molecule has 22 heavy (non-hydrogen) atoms. The van der Waals surface area contributed by atoms with Crippen molar-refractivity contribution in [2.75, 3.05) is 4.90 Å². The van der Waals surface area contributed by atoms with Crippen molar-refractivity contribution >= 4 is 33.4 Å². The van der Waals surface area contributed by atoms with Crippen LogP contribution in [0.5, 0.6) is 0 Å². The van der Waals surface area contributed by atoms with Gasteiger partial charge < -0.3 is 5.32 Å². The summed E-state index contributed by atoms with van der Waals surface area (Å²) in [5, 5.41) is 3.13. The van der Waals surface area contributed by atoms with Crippen LogP contribution in [0.2, 0.25) is 0 Å². The van der Waals surface area contributed by atoms with Crippen LogP contribution in [0.1, 0.15) is 12.0 Å².